The molecule has 1 saturated heterocycles. The van der Waals surface area contributed by atoms with Crippen molar-refractivity contribution in [1.29, 1.82) is 0 Å². The van der Waals surface area contributed by atoms with E-state index in [1.807, 2.05) is 13.6 Å². The van der Waals surface area contributed by atoms with Gasteiger partial charge in [-0.05, 0) is 32.1 Å². The fourth-order valence-electron chi connectivity index (χ4n) is 1.99. The summed E-state index contributed by atoms with van der Waals surface area (Å²) in [4.78, 5) is 12.4. The van der Waals surface area contributed by atoms with Crippen molar-refractivity contribution in [2.45, 2.75) is 23.4 Å². The van der Waals surface area contributed by atoms with Crippen molar-refractivity contribution < 1.29 is 13.2 Å². The summed E-state index contributed by atoms with van der Waals surface area (Å²) in [6.45, 7) is 4.07. The smallest absolute Gasteiger partial charge is 0.266 e. The van der Waals surface area contributed by atoms with E-state index < -0.39 is 15.2 Å². The van der Waals surface area contributed by atoms with Crippen LogP contribution in [0.25, 0.3) is 0 Å². The third-order valence-corrected chi connectivity index (χ3v) is 6.76. The van der Waals surface area contributed by atoms with Gasteiger partial charge in [-0.25, -0.2) is 12.7 Å². The summed E-state index contributed by atoms with van der Waals surface area (Å²) >= 11 is 0. The molecule has 4 nitrogen and oxygen atoms in total. The molecule has 1 amide bonds. The highest BCUT2D eigenvalue weighted by Crippen LogP contribution is 2.40. The molecule has 0 spiro atoms. The van der Waals surface area contributed by atoms with E-state index in [4.69, 9.17) is 0 Å². The van der Waals surface area contributed by atoms with E-state index in [1.54, 1.807) is 18.2 Å². The van der Waals surface area contributed by atoms with Crippen molar-refractivity contribution in [2.75, 3.05) is 13.2 Å². The summed E-state index contributed by atoms with van der Waals surface area (Å²) in [5, 5.41) is -0.512. The van der Waals surface area contributed by atoms with E-state index in [2.05, 4.69) is 0 Å². The standard InChI is InChI=1S/C12H16NO3PS/c1-12(17-2)8-9-13(11(12)14)18(15,16)10-6-4-3-5-7-10/h3-7,17H,8-9H2,1-2H3. The normalized spacial score (nSPS) is 25.2. The molecule has 6 heteroatoms. The lowest BCUT2D eigenvalue weighted by Gasteiger charge is -2.21. The molecule has 2 unspecified atom stereocenters. The van der Waals surface area contributed by atoms with Crippen LogP contribution in [0, 0.1) is 0 Å². The minimum absolute atomic E-state index is 0.182. The Morgan fingerprint density at radius 3 is 2.39 bits per heavy atom. The minimum atomic E-state index is -3.68. The molecular formula is C12H16NO3PS. The average molecular weight is 285 g/mol. The molecule has 1 aromatic rings. The van der Waals surface area contributed by atoms with Crippen LogP contribution < -0.4 is 0 Å². The number of amides is 1. The van der Waals surface area contributed by atoms with Crippen LogP contribution in [-0.2, 0) is 14.8 Å². The van der Waals surface area contributed by atoms with Gasteiger partial charge < -0.3 is 0 Å². The Kier molecular flexibility index (Phi) is 3.47. The third-order valence-electron chi connectivity index (χ3n) is 3.40. The van der Waals surface area contributed by atoms with Crippen LogP contribution in [0.3, 0.4) is 0 Å². The summed E-state index contributed by atoms with van der Waals surface area (Å²) in [6, 6.07) is 8.11. The monoisotopic (exact) mass is 285 g/mol. The van der Waals surface area contributed by atoms with Crippen LogP contribution in [0.1, 0.15) is 13.3 Å². The first-order valence-electron chi connectivity index (χ1n) is 5.73. The third kappa shape index (κ3) is 2.06. The summed E-state index contributed by atoms with van der Waals surface area (Å²) in [7, 11) is -3.27. The first-order valence-corrected chi connectivity index (χ1v) is 8.67. The average Bonchev–Trinajstić information content (AvgIpc) is 2.68. The molecule has 98 valence electrons. The minimum Gasteiger partial charge on any atom is -0.273 e. The van der Waals surface area contributed by atoms with Crippen LogP contribution in [0.4, 0.5) is 0 Å². The molecule has 2 rings (SSSR count). The molecule has 1 aliphatic heterocycles. The maximum atomic E-state index is 12.4. The highest BCUT2D eigenvalue weighted by Gasteiger charge is 2.46. The van der Waals surface area contributed by atoms with E-state index >= 15 is 0 Å². The number of carbonyl (C=O) groups is 1. The number of hydrogen-bond donors (Lipinski definition) is 0. The first-order chi connectivity index (χ1) is 8.42. The second-order valence-corrected chi connectivity index (χ2v) is 7.99. The molecule has 1 aromatic carbocycles. The number of nitrogens with zero attached hydrogens (tertiary/aromatic N) is 1. The SMILES string of the molecule is CPC1(C)CCN(S(=O)(=O)c2ccccc2)C1=O. The highest BCUT2D eigenvalue weighted by molar-refractivity contribution is 7.89. The Morgan fingerprint density at radius 2 is 1.89 bits per heavy atom. The molecule has 0 radical (unpaired) electrons. The van der Waals surface area contributed by atoms with Gasteiger partial charge in [-0.2, -0.15) is 0 Å². The van der Waals surface area contributed by atoms with E-state index in [0.29, 0.717) is 15.0 Å². The number of rotatable bonds is 3. The van der Waals surface area contributed by atoms with Crippen molar-refractivity contribution in [1.82, 2.24) is 4.31 Å². The Bertz CT molecular complexity index is 558. The zero-order chi connectivity index (χ0) is 13.4. The number of carbonyl (C=O) groups excluding carboxylic acids is 1. The molecule has 0 saturated carbocycles. The van der Waals surface area contributed by atoms with Crippen molar-refractivity contribution in [3.8, 4) is 0 Å². The number of sulfonamides is 1. The van der Waals surface area contributed by atoms with Gasteiger partial charge in [0.25, 0.3) is 10.0 Å². The molecule has 1 heterocycles. The summed E-state index contributed by atoms with van der Waals surface area (Å²) in [5.74, 6) is -0.271. The molecule has 0 aliphatic carbocycles. The molecule has 0 bridgehead atoms. The largest absolute Gasteiger partial charge is 0.273 e. The Morgan fingerprint density at radius 1 is 1.28 bits per heavy atom. The Hall–Kier alpha value is -0.930. The van der Waals surface area contributed by atoms with Crippen LogP contribution in [0.15, 0.2) is 35.2 Å². The van der Waals surface area contributed by atoms with E-state index in [9.17, 15) is 13.2 Å². The summed E-state index contributed by atoms with van der Waals surface area (Å²) in [6.07, 6.45) is 0.604. The van der Waals surface area contributed by atoms with Crippen molar-refractivity contribution in [3.05, 3.63) is 30.3 Å². The quantitative estimate of drug-likeness (QED) is 0.794. The van der Waals surface area contributed by atoms with Crippen LogP contribution in [-0.4, -0.2) is 37.0 Å². The highest BCUT2D eigenvalue weighted by atomic mass is 32.2. The van der Waals surface area contributed by atoms with E-state index in [0.717, 1.165) is 4.31 Å². The molecule has 0 N–H and O–H groups in total. The molecule has 1 aliphatic rings. The fraction of sp³-hybridized carbons (Fsp3) is 0.417. The topological polar surface area (TPSA) is 54.5 Å². The van der Waals surface area contributed by atoms with Crippen molar-refractivity contribution in [3.63, 3.8) is 0 Å². The maximum absolute atomic E-state index is 12.4. The van der Waals surface area contributed by atoms with Crippen LogP contribution >= 0.6 is 8.58 Å². The van der Waals surface area contributed by atoms with Gasteiger partial charge in [-0.1, -0.05) is 18.2 Å². The zero-order valence-corrected chi connectivity index (χ0v) is 12.2. The predicted octanol–water partition coefficient (Wildman–Crippen LogP) is 1.67. The molecular weight excluding hydrogens is 269 g/mol. The van der Waals surface area contributed by atoms with Crippen LogP contribution in [0.5, 0.6) is 0 Å². The number of hydrogen-bond acceptors (Lipinski definition) is 3. The lowest BCUT2D eigenvalue weighted by atomic mass is 10.1. The summed E-state index contributed by atoms with van der Waals surface area (Å²) in [5.41, 5.74) is 0. The van der Waals surface area contributed by atoms with E-state index in [-0.39, 0.29) is 17.3 Å². The lowest BCUT2D eigenvalue weighted by Crippen LogP contribution is -2.38. The summed E-state index contributed by atoms with van der Waals surface area (Å²) < 4.78 is 25.7. The zero-order valence-electron chi connectivity index (χ0n) is 10.4. The second kappa shape index (κ2) is 4.63. The van der Waals surface area contributed by atoms with Gasteiger partial charge in [-0.3, -0.25) is 4.79 Å². The molecule has 0 aromatic heterocycles. The molecule has 2 atom stereocenters. The predicted molar refractivity (Wildman–Crippen MR) is 72.6 cm³/mol. The van der Waals surface area contributed by atoms with Crippen molar-refractivity contribution in [2.24, 2.45) is 0 Å². The fourth-order valence-corrected chi connectivity index (χ4v) is 4.29. The van der Waals surface area contributed by atoms with Gasteiger partial charge in [0.2, 0.25) is 5.91 Å². The van der Waals surface area contributed by atoms with Gasteiger partial charge in [0.15, 0.2) is 0 Å². The lowest BCUT2D eigenvalue weighted by molar-refractivity contribution is -0.125. The Labute approximate surface area is 109 Å². The second-order valence-electron chi connectivity index (χ2n) is 4.53. The van der Waals surface area contributed by atoms with Gasteiger partial charge in [0.05, 0.1) is 10.1 Å². The maximum Gasteiger partial charge on any atom is 0.266 e. The van der Waals surface area contributed by atoms with Gasteiger partial charge in [0.1, 0.15) is 0 Å². The first kappa shape index (κ1) is 13.5. The van der Waals surface area contributed by atoms with Gasteiger partial charge in [0, 0.05) is 6.54 Å². The number of benzene rings is 1. The van der Waals surface area contributed by atoms with Gasteiger partial charge >= 0.3 is 0 Å². The molecule has 18 heavy (non-hydrogen) atoms. The van der Waals surface area contributed by atoms with Crippen molar-refractivity contribution >= 4 is 24.5 Å². The van der Waals surface area contributed by atoms with Crippen LogP contribution in [0.2, 0.25) is 0 Å². The van der Waals surface area contributed by atoms with Gasteiger partial charge in [-0.15, -0.1) is 8.58 Å². The molecule has 1 fully saturated rings. The Balaban J connectivity index is 2.37. The van der Waals surface area contributed by atoms with E-state index in [1.165, 1.54) is 12.1 Å².